The molecule has 0 aliphatic heterocycles. The summed E-state index contributed by atoms with van der Waals surface area (Å²) in [5.74, 6) is 0. The van der Waals surface area contributed by atoms with Crippen molar-refractivity contribution in [1.82, 2.24) is 5.32 Å². The summed E-state index contributed by atoms with van der Waals surface area (Å²) in [6, 6.07) is 4.98. The van der Waals surface area contributed by atoms with E-state index in [1.807, 2.05) is 11.3 Å². The van der Waals surface area contributed by atoms with E-state index in [0.29, 0.717) is 6.04 Å². The molecule has 0 amide bonds. The summed E-state index contributed by atoms with van der Waals surface area (Å²) in [6.07, 6.45) is 2.22. The van der Waals surface area contributed by atoms with Gasteiger partial charge in [-0.3, -0.25) is 0 Å². The van der Waals surface area contributed by atoms with Gasteiger partial charge in [-0.15, -0.1) is 11.3 Å². The van der Waals surface area contributed by atoms with Gasteiger partial charge in [0.15, 0.2) is 0 Å². The van der Waals surface area contributed by atoms with E-state index in [2.05, 4.69) is 31.3 Å². The Balaban J connectivity index is 2.15. The van der Waals surface area contributed by atoms with Crippen molar-refractivity contribution in [1.29, 1.82) is 0 Å². The molecule has 1 atom stereocenters. The van der Waals surface area contributed by atoms with Crippen LogP contribution in [0.2, 0.25) is 0 Å². The molecule has 0 aliphatic carbocycles. The van der Waals surface area contributed by atoms with Crippen LogP contribution in [0.4, 0.5) is 0 Å². The molecule has 0 bridgehead atoms. The monoisotopic (exact) mass is 227 g/mol. The van der Waals surface area contributed by atoms with Gasteiger partial charge in [0.25, 0.3) is 0 Å². The molecule has 0 aromatic carbocycles. The smallest absolute Gasteiger partial charge is 0.0474 e. The quantitative estimate of drug-likeness (QED) is 0.723. The molecule has 0 aliphatic rings. The first-order chi connectivity index (χ1) is 7.22. The summed E-state index contributed by atoms with van der Waals surface area (Å²) in [6.45, 7) is 6.28. The van der Waals surface area contributed by atoms with Gasteiger partial charge in [-0.25, -0.2) is 0 Å². The molecule has 1 N–H and O–H groups in total. The summed E-state index contributed by atoms with van der Waals surface area (Å²) < 4.78 is 5.01. The maximum absolute atomic E-state index is 5.01. The van der Waals surface area contributed by atoms with Crippen molar-refractivity contribution in [2.45, 2.75) is 32.7 Å². The maximum Gasteiger partial charge on any atom is 0.0474 e. The lowest BCUT2D eigenvalue weighted by Crippen LogP contribution is -2.29. The van der Waals surface area contributed by atoms with E-state index < -0.39 is 0 Å². The third kappa shape index (κ3) is 5.30. The normalized spacial score (nSPS) is 13.0. The third-order valence-electron chi connectivity index (χ3n) is 2.32. The molecule has 1 unspecified atom stereocenters. The fraction of sp³-hybridized carbons (Fsp3) is 0.667. The van der Waals surface area contributed by atoms with E-state index in [1.165, 1.54) is 9.75 Å². The molecule has 1 rings (SSSR count). The first kappa shape index (κ1) is 12.7. The van der Waals surface area contributed by atoms with E-state index in [0.717, 1.165) is 26.0 Å². The van der Waals surface area contributed by atoms with Gasteiger partial charge < -0.3 is 10.1 Å². The zero-order chi connectivity index (χ0) is 11.1. The Kier molecular flexibility index (Phi) is 5.91. The molecule has 15 heavy (non-hydrogen) atoms. The van der Waals surface area contributed by atoms with Crippen LogP contribution in [0.15, 0.2) is 12.1 Å². The number of hydrogen-bond acceptors (Lipinski definition) is 3. The fourth-order valence-electron chi connectivity index (χ4n) is 1.53. The van der Waals surface area contributed by atoms with Crippen LogP contribution in [-0.2, 0) is 11.2 Å². The minimum Gasteiger partial charge on any atom is -0.385 e. The number of nitrogens with one attached hydrogen (secondary N) is 1. The maximum atomic E-state index is 5.01. The van der Waals surface area contributed by atoms with Gasteiger partial charge in [-0.1, -0.05) is 0 Å². The molecule has 3 heteroatoms. The van der Waals surface area contributed by atoms with E-state index >= 15 is 0 Å². The van der Waals surface area contributed by atoms with Crippen LogP contribution in [0.1, 0.15) is 23.1 Å². The second kappa shape index (κ2) is 6.99. The van der Waals surface area contributed by atoms with Gasteiger partial charge >= 0.3 is 0 Å². The van der Waals surface area contributed by atoms with Crippen LogP contribution in [0.3, 0.4) is 0 Å². The third-order valence-corrected chi connectivity index (χ3v) is 3.34. The molecule has 0 spiro atoms. The topological polar surface area (TPSA) is 21.3 Å². The molecule has 1 heterocycles. The standard InChI is InChI=1S/C12H21NOS/c1-10(13-7-4-8-14-3)9-12-6-5-11(2)15-12/h5-6,10,13H,4,7-9H2,1-3H3. The number of rotatable bonds is 7. The highest BCUT2D eigenvalue weighted by atomic mass is 32.1. The van der Waals surface area contributed by atoms with Crippen LogP contribution < -0.4 is 5.32 Å². The molecule has 0 saturated heterocycles. The van der Waals surface area contributed by atoms with Gasteiger partial charge in [0, 0.05) is 29.5 Å². The molecule has 2 nitrogen and oxygen atoms in total. The summed E-state index contributed by atoms with van der Waals surface area (Å²) in [4.78, 5) is 2.87. The van der Waals surface area contributed by atoms with E-state index in [-0.39, 0.29) is 0 Å². The van der Waals surface area contributed by atoms with Crippen molar-refractivity contribution in [3.63, 3.8) is 0 Å². The Morgan fingerprint density at radius 3 is 2.87 bits per heavy atom. The highest BCUT2D eigenvalue weighted by Gasteiger charge is 2.04. The van der Waals surface area contributed by atoms with Crippen molar-refractivity contribution in [3.8, 4) is 0 Å². The van der Waals surface area contributed by atoms with Gasteiger partial charge in [-0.05, 0) is 45.4 Å². The number of thiophene rings is 1. The summed E-state index contributed by atoms with van der Waals surface area (Å²) >= 11 is 1.90. The largest absolute Gasteiger partial charge is 0.385 e. The lowest BCUT2D eigenvalue weighted by molar-refractivity contribution is 0.193. The first-order valence-corrected chi connectivity index (χ1v) is 6.31. The van der Waals surface area contributed by atoms with Crippen molar-refractivity contribution in [2.75, 3.05) is 20.3 Å². The zero-order valence-electron chi connectivity index (χ0n) is 9.88. The lowest BCUT2D eigenvalue weighted by Gasteiger charge is -2.12. The number of ether oxygens (including phenoxy) is 1. The first-order valence-electron chi connectivity index (χ1n) is 5.50. The molecule has 0 saturated carbocycles. The Bertz CT molecular complexity index is 272. The molecular weight excluding hydrogens is 206 g/mol. The minimum atomic E-state index is 0.555. The number of hydrogen-bond donors (Lipinski definition) is 1. The van der Waals surface area contributed by atoms with E-state index in [4.69, 9.17) is 4.74 Å². The van der Waals surface area contributed by atoms with Crippen LogP contribution in [0, 0.1) is 6.92 Å². The van der Waals surface area contributed by atoms with Gasteiger partial charge in [0.1, 0.15) is 0 Å². The summed E-state index contributed by atoms with van der Waals surface area (Å²) in [7, 11) is 1.75. The zero-order valence-corrected chi connectivity index (χ0v) is 10.7. The number of aryl methyl sites for hydroxylation is 1. The van der Waals surface area contributed by atoms with E-state index in [9.17, 15) is 0 Å². The minimum absolute atomic E-state index is 0.555. The Morgan fingerprint density at radius 1 is 1.47 bits per heavy atom. The van der Waals surface area contributed by atoms with Crippen molar-refractivity contribution >= 4 is 11.3 Å². The molecule has 1 aromatic rings. The number of methoxy groups -OCH3 is 1. The molecule has 1 aromatic heterocycles. The lowest BCUT2D eigenvalue weighted by atomic mass is 10.2. The Labute approximate surface area is 96.7 Å². The molecule has 0 fully saturated rings. The van der Waals surface area contributed by atoms with Gasteiger partial charge in [0.05, 0.1) is 0 Å². The van der Waals surface area contributed by atoms with Crippen LogP contribution in [0.5, 0.6) is 0 Å². The fourth-order valence-corrected chi connectivity index (χ4v) is 2.55. The summed E-state index contributed by atoms with van der Waals surface area (Å²) in [5.41, 5.74) is 0. The van der Waals surface area contributed by atoms with Crippen LogP contribution >= 0.6 is 11.3 Å². The van der Waals surface area contributed by atoms with Crippen molar-refractivity contribution in [3.05, 3.63) is 21.9 Å². The van der Waals surface area contributed by atoms with E-state index in [1.54, 1.807) is 7.11 Å². The predicted octanol–water partition coefficient (Wildman–Crippen LogP) is 2.61. The van der Waals surface area contributed by atoms with Gasteiger partial charge in [0.2, 0.25) is 0 Å². The predicted molar refractivity (Wildman–Crippen MR) is 66.7 cm³/mol. The van der Waals surface area contributed by atoms with Crippen molar-refractivity contribution in [2.24, 2.45) is 0 Å². The highest BCUT2D eigenvalue weighted by Crippen LogP contribution is 2.16. The average Bonchev–Trinajstić information content (AvgIpc) is 2.59. The SMILES string of the molecule is COCCCNC(C)Cc1ccc(C)s1. The molecule has 86 valence electrons. The highest BCUT2D eigenvalue weighted by molar-refractivity contribution is 7.11. The van der Waals surface area contributed by atoms with Crippen LogP contribution in [0.25, 0.3) is 0 Å². The van der Waals surface area contributed by atoms with Gasteiger partial charge in [-0.2, -0.15) is 0 Å². The van der Waals surface area contributed by atoms with Crippen molar-refractivity contribution < 1.29 is 4.74 Å². The Morgan fingerprint density at radius 2 is 2.27 bits per heavy atom. The summed E-state index contributed by atoms with van der Waals surface area (Å²) in [5, 5.41) is 3.50. The van der Waals surface area contributed by atoms with Crippen LogP contribution in [-0.4, -0.2) is 26.3 Å². The Hall–Kier alpha value is -0.380. The average molecular weight is 227 g/mol. The molecular formula is C12H21NOS. The molecule has 0 radical (unpaired) electrons. The second-order valence-corrected chi connectivity index (χ2v) is 5.29. The second-order valence-electron chi connectivity index (χ2n) is 3.92.